The summed E-state index contributed by atoms with van der Waals surface area (Å²) in [5.41, 5.74) is 7.79. The maximum absolute atomic E-state index is 4.84. The van der Waals surface area contributed by atoms with Gasteiger partial charge in [-0.3, -0.25) is 4.98 Å². The van der Waals surface area contributed by atoms with Gasteiger partial charge in [0.05, 0.1) is 22.1 Å². The third-order valence-electron chi connectivity index (χ3n) is 6.44. The molecule has 0 saturated heterocycles. The summed E-state index contributed by atoms with van der Waals surface area (Å²) in [6.07, 6.45) is 2.97. The van der Waals surface area contributed by atoms with E-state index in [4.69, 9.17) is 4.98 Å². The van der Waals surface area contributed by atoms with E-state index in [-0.39, 0.29) is 5.41 Å². The van der Waals surface area contributed by atoms with Gasteiger partial charge in [-0.25, -0.2) is 0 Å². The van der Waals surface area contributed by atoms with Crippen molar-refractivity contribution in [1.29, 1.82) is 0 Å². The topological polar surface area (TPSA) is 17.3 Å². The van der Waals surface area contributed by atoms with Crippen molar-refractivity contribution in [3.63, 3.8) is 0 Å². The third kappa shape index (κ3) is 2.75. The first-order valence-electron chi connectivity index (χ1n) is 11.0. The summed E-state index contributed by atoms with van der Waals surface area (Å²) in [6.45, 7) is 9.17. The number of fused-ring (bicyclic) bond motifs is 9. The zero-order chi connectivity index (χ0) is 21.3. The molecule has 0 radical (unpaired) electrons. The van der Waals surface area contributed by atoms with Crippen molar-refractivity contribution in [3.05, 3.63) is 84.1 Å². The van der Waals surface area contributed by atoms with E-state index in [2.05, 4.69) is 98.8 Å². The molecule has 0 atom stereocenters. The molecular formula is C29H26N2. The van der Waals surface area contributed by atoms with Gasteiger partial charge in [0.15, 0.2) is 0 Å². The molecule has 0 spiro atoms. The van der Waals surface area contributed by atoms with Crippen LogP contribution in [0.4, 0.5) is 0 Å². The fourth-order valence-corrected chi connectivity index (χ4v) is 5.21. The van der Waals surface area contributed by atoms with Gasteiger partial charge < -0.3 is 4.40 Å². The van der Waals surface area contributed by atoms with Crippen LogP contribution in [-0.4, -0.2) is 9.38 Å². The van der Waals surface area contributed by atoms with Gasteiger partial charge in [0, 0.05) is 22.4 Å². The molecule has 6 rings (SSSR count). The molecule has 0 N–H and O–H groups in total. The Morgan fingerprint density at radius 3 is 2.26 bits per heavy atom. The van der Waals surface area contributed by atoms with E-state index >= 15 is 0 Å². The first-order chi connectivity index (χ1) is 14.9. The van der Waals surface area contributed by atoms with Crippen molar-refractivity contribution < 1.29 is 0 Å². The van der Waals surface area contributed by atoms with Crippen LogP contribution in [0.25, 0.3) is 49.0 Å². The van der Waals surface area contributed by atoms with Crippen LogP contribution >= 0.6 is 0 Å². The fraction of sp³-hybridized carbons (Fsp3) is 0.207. The fourth-order valence-electron chi connectivity index (χ4n) is 5.21. The largest absolute Gasteiger partial charge is 0.307 e. The molecule has 6 aromatic rings. The monoisotopic (exact) mass is 402 g/mol. The van der Waals surface area contributed by atoms with Crippen molar-refractivity contribution in [2.24, 2.45) is 5.41 Å². The van der Waals surface area contributed by atoms with Crippen LogP contribution in [0.3, 0.4) is 0 Å². The molecule has 0 fully saturated rings. The van der Waals surface area contributed by atoms with Crippen LogP contribution in [0.15, 0.2) is 72.9 Å². The average Bonchev–Trinajstić information content (AvgIpc) is 3.04. The molecule has 0 unspecified atom stereocenters. The molecule has 0 amide bonds. The maximum atomic E-state index is 4.84. The van der Waals surface area contributed by atoms with Crippen molar-refractivity contribution in [2.75, 3.05) is 0 Å². The Balaban J connectivity index is 1.85. The van der Waals surface area contributed by atoms with Crippen LogP contribution in [0, 0.1) is 12.3 Å². The second kappa shape index (κ2) is 6.31. The molecule has 3 aromatic carbocycles. The lowest BCUT2D eigenvalue weighted by molar-refractivity contribution is 0.411. The Hall–Kier alpha value is -3.39. The van der Waals surface area contributed by atoms with Gasteiger partial charge in [0.25, 0.3) is 0 Å². The Kier molecular flexibility index (Phi) is 3.74. The predicted octanol–water partition coefficient (Wildman–Crippen LogP) is 7.84. The molecule has 2 heteroatoms. The van der Waals surface area contributed by atoms with Crippen LogP contribution < -0.4 is 0 Å². The van der Waals surface area contributed by atoms with Crippen LogP contribution in [0.2, 0.25) is 0 Å². The number of hydrogen-bond donors (Lipinski definition) is 0. The highest BCUT2D eigenvalue weighted by Gasteiger charge is 2.18. The van der Waals surface area contributed by atoms with Gasteiger partial charge in [-0.05, 0) is 71.0 Å². The van der Waals surface area contributed by atoms with Crippen molar-refractivity contribution in [3.8, 4) is 0 Å². The van der Waals surface area contributed by atoms with Crippen LogP contribution in [0.5, 0.6) is 0 Å². The van der Waals surface area contributed by atoms with Gasteiger partial charge in [-0.1, -0.05) is 57.2 Å². The highest BCUT2D eigenvalue weighted by atomic mass is 14.9. The predicted molar refractivity (Wildman–Crippen MR) is 133 cm³/mol. The van der Waals surface area contributed by atoms with Gasteiger partial charge >= 0.3 is 0 Å². The van der Waals surface area contributed by atoms with E-state index in [1.807, 2.05) is 6.20 Å². The summed E-state index contributed by atoms with van der Waals surface area (Å²) in [5, 5.41) is 6.35. The average molecular weight is 403 g/mol. The smallest absolute Gasteiger partial charge is 0.0949 e. The normalized spacial score (nSPS) is 12.6. The first kappa shape index (κ1) is 18.4. The highest BCUT2D eigenvalue weighted by molar-refractivity contribution is 6.19. The van der Waals surface area contributed by atoms with Crippen molar-refractivity contribution >= 4 is 49.0 Å². The molecule has 31 heavy (non-hydrogen) atoms. The Morgan fingerprint density at radius 2 is 1.52 bits per heavy atom. The van der Waals surface area contributed by atoms with Gasteiger partial charge in [0.1, 0.15) is 0 Å². The summed E-state index contributed by atoms with van der Waals surface area (Å²) < 4.78 is 2.44. The Bertz CT molecular complexity index is 1650. The molecule has 0 bridgehead atoms. The van der Waals surface area contributed by atoms with Crippen molar-refractivity contribution in [1.82, 2.24) is 9.38 Å². The van der Waals surface area contributed by atoms with Crippen molar-refractivity contribution in [2.45, 2.75) is 34.1 Å². The lowest BCUT2D eigenvalue weighted by atomic mass is 9.88. The summed E-state index contributed by atoms with van der Waals surface area (Å²) in [6, 6.07) is 24.5. The highest BCUT2D eigenvalue weighted by Crippen LogP contribution is 2.38. The van der Waals surface area contributed by atoms with E-state index in [0.29, 0.717) is 0 Å². The maximum Gasteiger partial charge on any atom is 0.0949 e. The Labute approximate surface area is 182 Å². The molecule has 0 saturated carbocycles. The summed E-state index contributed by atoms with van der Waals surface area (Å²) in [5.74, 6) is 0. The third-order valence-corrected chi connectivity index (χ3v) is 6.44. The number of benzene rings is 3. The lowest BCUT2D eigenvalue weighted by Gasteiger charge is -2.18. The molecule has 0 aliphatic carbocycles. The number of rotatable bonds is 1. The van der Waals surface area contributed by atoms with Gasteiger partial charge in [-0.15, -0.1) is 0 Å². The van der Waals surface area contributed by atoms with Crippen LogP contribution in [0.1, 0.15) is 31.9 Å². The minimum Gasteiger partial charge on any atom is -0.307 e. The van der Waals surface area contributed by atoms with E-state index in [9.17, 15) is 0 Å². The SMILES string of the molecule is Cc1c2ccc(CC(C)(C)C)cc2n2c3cccnc3c3cc4ccccc4cc3c12. The molecule has 0 aliphatic heterocycles. The zero-order valence-electron chi connectivity index (χ0n) is 18.5. The lowest BCUT2D eigenvalue weighted by Crippen LogP contribution is -2.08. The zero-order valence-corrected chi connectivity index (χ0v) is 18.5. The number of aryl methyl sites for hydroxylation is 1. The van der Waals surface area contributed by atoms with Crippen LogP contribution in [-0.2, 0) is 6.42 Å². The Morgan fingerprint density at radius 1 is 0.774 bits per heavy atom. The van der Waals surface area contributed by atoms with E-state index in [0.717, 1.165) is 11.9 Å². The summed E-state index contributed by atoms with van der Waals surface area (Å²) in [4.78, 5) is 4.84. The summed E-state index contributed by atoms with van der Waals surface area (Å²) in [7, 11) is 0. The second-order valence-electron chi connectivity index (χ2n) is 10.0. The molecule has 3 heterocycles. The number of hydrogen-bond acceptors (Lipinski definition) is 1. The molecule has 3 aromatic heterocycles. The molecule has 152 valence electrons. The van der Waals surface area contributed by atoms with E-state index in [1.54, 1.807) is 0 Å². The standard InChI is InChI=1S/C29H26N2/c1-18-22-12-11-19(17-29(2,3)4)14-26(22)31-25-10-7-13-30-27(25)23-15-20-8-5-6-9-21(20)16-24(23)28(18)31/h5-16H,17H2,1-4H3. The molecular weight excluding hydrogens is 376 g/mol. The summed E-state index contributed by atoms with van der Waals surface area (Å²) >= 11 is 0. The number of pyridine rings is 2. The quantitative estimate of drug-likeness (QED) is 0.202. The molecule has 2 nitrogen and oxygen atoms in total. The molecule has 0 aliphatic rings. The van der Waals surface area contributed by atoms with Gasteiger partial charge in [0.2, 0.25) is 0 Å². The van der Waals surface area contributed by atoms with E-state index in [1.165, 1.54) is 54.6 Å². The van der Waals surface area contributed by atoms with E-state index < -0.39 is 0 Å². The first-order valence-corrected chi connectivity index (χ1v) is 11.0. The van der Waals surface area contributed by atoms with Gasteiger partial charge in [-0.2, -0.15) is 0 Å². The minimum absolute atomic E-state index is 0.255. The second-order valence-corrected chi connectivity index (χ2v) is 10.0. The number of nitrogens with zero attached hydrogens (tertiary/aromatic N) is 2. The minimum atomic E-state index is 0.255. The number of aromatic nitrogens is 2.